The van der Waals surface area contributed by atoms with E-state index in [-0.39, 0.29) is 11.9 Å². The molecule has 24 heavy (non-hydrogen) atoms. The molecule has 1 aromatic carbocycles. The smallest absolute Gasteiger partial charge is 0.338 e. The zero-order chi connectivity index (χ0) is 17.6. The maximum Gasteiger partial charge on any atom is 0.338 e. The van der Waals surface area contributed by atoms with E-state index in [1.807, 2.05) is 39.0 Å². The predicted molar refractivity (Wildman–Crippen MR) is 91.2 cm³/mol. The number of piperidine rings is 1. The van der Waals surface area contributed by atoms with Crippen molar-refractivity contribution < 1.29 is 19.2 Å². The number of hydrogen-bond donors (Lipinski definition) is 0. The highest BCUT2D eigenvalue weighted by Gasteiger charge is 2.28. The van der Waals surface area contributed by atoms with E-state index in [2.05, 4.69) is 0 Å². The van der Waals surface area contributed by atoms with Crippen LogP contribution in [0.25, 0.3) is 0 Å². The molecule has 132 valence electrons. The number of ether oxygens (including phenoxy) is 1. The zero-order valence-corrected chi connectivity index (χ0v) is 14.8. The molecule has 1 aliphatic heterocycles. The minimum atomic E-state index is -0.484. The summed E-state index contributed by atoms with van der Waals surface area (Å²) >= 11 is 0. The van der Waals surface area contributed by atoms with Crippen LogP contribution in [-0.2, 0) is 14.4 Å². The monoisotopic (exact) mass is 333 g/mol. The van der Waals surface area contributed by atoms with E-state index in [0.717, 1.165) is 32.4 Å². The Balaban J connectivity index is 1.65. The first-order valence-electron chi connectivity index (χ1n) is 8.56. The Labute approximate surface area is 143 Å². The van der Waals surface area contributed by atoms with Crippen LogP contribution in [-0.4, -0.2) is 36.7 Å². The summed E-state index contributed by atoms with van der Waals surface area (Å²) in [6.45, 7) is 7.45. The Kier molecular flexibility index (Phi) is 6.37. The van der Waals surface area contributed by atoms with Gasteiger partial charge in [0, 0.05) is 13.1 Å². The first kappa shape index (κ1) is 18.5. The van der Waals surface area contributed by atoms with Crippen molar-refractivity contribution in [2.75, 3.05) is 19.7 Å². The van der Waals surface area contributed by atoms with Gasteiger partial charge in [-0.15, -0.1) is 5.06 Å². The Bertz CT molecular complexity index is 542. The molecular weight excluding hydrogens is 306 g/mol. The van der Waals surface area contributed by atoms with E-state index in [1.165, 1.54) is 0 Å². The highest BCUT2D eigenvalue weighted by molar-refractivity contribution is 5.89. The van der Waals surface area contributed by atoms with Crippen molar-refractivity contribution in [3.8, 4) is 0 Å². The van der Waals surface area contributed by atoms with Crippen LogP contribution in [0.5, 0.6) is 0 Å². The SMILES string of the molecule is CC(C)(C)C(=O)ON1CCC(CCOC(=O)c2ccccc2)CC1. The fourth-order valence-corrected chi connectivity index (χ4v) is 2.52. The summed E-state index contributed by atoms with van der Waals surface area (Å²) in [5.41, 5.74) is 0.101. The van der Waals surface area contributed by atoms with Gasteiger partial charge in [0.25, 0.3) is 0 Å². The van der Waals surface area contributed by atoms with Crippen LogP contribution >= 0.6 is 0 Å². The van der Waals surface area contributed by atoms with Crippen molar-refractivity contribution in [1.29, 1.82) is 0 Å². The molecule has 0 unspecified atom stereocenters. The van der Waals surface area contributed by atoms with Gasteiger partial charge in [-0.05, 0) is 58.1 Å². The van der Waals surface area contributed by atoms with E-state index in [4.69, 9.17) is 9.57 Å². The number of carbonyl (C=O) groups is 2. The van der Waals surface area contributed by atoms with Crippen molar-refractivity contribution >= 4 is 11.9 Å². The molecule has 0 N–H and O–H groups in total. The number of hydroxylamine groups is 2. The Morgan fingerprint density at radius 3 is 2.33 bits per heavy atom. The minimum absolute atomic E-state index is 0.197. The van der Waals surface area contributed by atoms with E-state index in [9.17, 15) is 9.59 Å². The van der Waals surface area contributed by atoms with Crippen LogP contribution < -0.4 is 0 Å². The van der Waals surface area contributed by atoms with Gasteiger partial charge in [0.1, 0.15) is 0 Å². The molecule has 0 aromatic heterocycles. The summed E-state index contributed by atoms with van der Waals surface area (Å²) in [4.78, 5) is 29.2. The van der Waals surface area contributed by atoms with Gasteiger partial charge >= 0.3 is 11.9 Å². The molecule has 0 aliphatic carbocycles. The third-order valence-electron chi connectivity index (χ3n) is 4.17. The summed E-state index contributed by atoms with van der Waals surface area (Å²) < 4.78 is 5.33. The number of carbonyl (C=O) groups excluding carboxylic acids is 2. The topological polar surface area (TPSA) is 55.8 Å². The van der Waals surface area contributed by atoms with Crippen molar-refractivity contribution in [3.05, 3.63) is 35.9 Å². The highest BCUT2D eigenvalue weighted by atomic mass is 16.7. The molecule has 1 aliphatic rings. The largest absolute Gasteiger partial charge is 0.462 e. The minimum Gasteiger partial charge on any atom is -0.462 e. The number of rotatable bonds is 5. The second-order valence-corrected chi connectivity index (χ2v) is 7.29. The van der Waals surface area contributed by atoms with E-state index in [1.54, 1.807) is 17.2 Å². The van der Waals surface area contributed by atoms with Crippen molar-refractivity contribution in [3.63, 3.8) is 0 Å². The lowest BCUT2D eigenvalue weighted by atomic mass is 9.95. The fraction of sp³-hybridized carbons (Fsp3) is 0.579. The van der Waals surface area contributed by atoms with Gasteiger partial charge in [-0.1, -0.05) is 18.2 Å². The van der Waals surface area contributed by atoms with Crippen molar-refractivity contribution in [2.24, 2.45) is 11.3 Å². The molecule has 0 bridgehead atoms. The lowest BCUT2D eigenvalue weighted by Gasteiger charge is -2.32. The fourth-order valence-electron chi connectivity index (χ4n) is 2.52. The third-order valence-corrected chi connectivity index (χ3v) is 4.17. The average molecular weight is 333 g/mol. The van der Waals surface area contributed by atoms with Gasteiger partial charge in [0.05, 0.1) is 17.6 Å². The maximum absolute atomic E-state index is 11.9. The Morgan fingerprint density at radius 2 is 1.75 bits per heavy atom. The lowest BCUT2D eigenvalue weighted by molar-refractivity contribution is -0.206. The second kappa shape index (κ2) is 8.29. The molecule has 1 heterocycles. The molecule has 1 fully saturated rings. The number of esters is 1. The van der Waals surface area contributed by atoms with Gasteiger partial charge in [-0.2, -0.15) is 0 Å². The predicted octanol–water partition coefficient (Wildman–Crippen LogP) is 3.45. The average Bonchev–Trinajstić information content (AvgIpc) is 2.56. The van der Waals surface area contributed by atoms with Crippen LogP contribution in [0.15, 0.2) is 30.3 Å². The molecule has 5 heteroatoms. The summed E-state index contributed by atoms with van der Waals surface area (Å²) in [5.74, 6) is 0.0306. The van der Waals surface area contributed by atoms with E-state index >= 15 is 0 Å². The molecule has 0 saturated carbocycles. The number of benzene rings is 1. The summed E-state index contributed by atoms with van der Waals surface area (Å²) in [5, 5.41) is 1.75. The zero-order valence-electron chi connectivity index (χ0n) is 14.8. The summed E-state index contributed by atoms with van der Waals surface area (Å²) in [6.07, 6.45) is 2.74. The molecule has 1 saturated heterocycles. The van der Waals surface area contributed by atoms with Crippen molar-refractivity contribution in [2.45, 2.75) is 40.0 Å². The van der Waals surface area contributed by atoms with E-state index in [0.29, 0.717) is 18.1 Å². The molecule has 0 spiro atoms. The summed E-state index contributed by atoms with van der Waals surface area (Å²) in [6, 6.07) is 9.03. The molecular formula is C19H27NO4. The van der Waals surface area contributed by atoms with E-state index < -0.39 is 5.41 Å². The third kappa shape index (κ3) is 5.64. The molecule has 5 nitrogen and oxygen atoms in total. The lowest BCUT2D eigenvalue weighted by Crippen LogP contribution is -2.39. The van der Waals surface area contributed by atoms with Gasteiger partial charge < -0.3 is 9.57 Å². The molecule has 2 rings (SSSR count). The molecule has 0 atom stereocenters. The second-order valence-electron chi connectivity index (χ2n) is 7.29. The van der Waals surface area contributed by atoms with Crippen LogP contribution in [0.1, 0.15) is 50.4 Å². The summed E-state index contributed by atoms with van der Waals surface area (Å²) in [7, 11) is 0. The first-order valence-corrected chi connectivity index (χ1v) is 8.56. The van der Waals surface area contributed by atoms with Gasteiger partial charge in [-0.3, -0.25) is 0 Å². The first-order chi connectivity index (χ1) is 11.4. The molecule has 0 radical (unpaired) electrons. The van der Waals surface area contributed by atoms with Gasteiger partial charge in [-0.25, -0.2) is 9.59 Å². The standard InChI is InChI=1S/C19H27NO4/c1-19(2,3)18(22)24-20-12-9-15(10-13-20)11-14-23-17(21)16-7-5-4-6-8-16/h4-8,15H,9-14H2,1-3H3. The van der Waals surface area contributed by atoms with Crippen LogP contribution in [0.4, 0.5) is 0 Å². The van der Waals surface area contributed by atoms with Gasteiger partial charge in [0.2, 0.25) is 0 Å². The normalized spacial score (nSPS) is 16.6. The van der Waals surface area contributed by atoms with Crippen LogP contribution in [0.2, 0.25) is 0 Å². The van der Waals surface area contributed by atoms with Gasteiger partial charge in [0.15, 0.2) is 0 Å². The Morgan fingerprint density at radius 1 is 1.12 bits per heavy atom. The molecule has 0 amide bonds. The maximum atomic E-state index is 11.9. The van der Waals surface area contributed by atoms with Crippen LogP contribution in [0, 0.1) is 11.3 Å². The Hall–Kier alpha value is -1.88. The highest BCUT2D eigenvalue weighted by Crippen LogP contribution is 2.23. The number of hydrogen-bond acceptors (Lipinski definition) is 5. The molecule has 1 aromatic rings. The van der Waals surface area contributed by atoms with Crippen LogP contribution in [0.3, 0.4) is 0 Å². The van der Waals surface area contributed by atoms with Crippen molar-refractivity contribution in [1.82, 2.24) is 5.06 Å². The quantitative estimate of drug-likeness (QED) is 0.773. The number of nitrogens with zero attached hydrogens (tertiary/aromatic N) is 1.